The lowest BCUT2D eigenvalue weighted by molar-refractivity contribution is 0.298. The Labute approximate surface area is 130 Å². The predicted octanol–water partition coefficient (Wildman–Crippen LogP) is 2.92. The third-order valence-electron chi connectivity index (χ3n) is 3.67. The largest absolute Gasteiger partial charge is 0.492 e. The molecule has 3 rings (SSSR count). The SMILES string of the molecule is Cc1cccc(OCCn2c(CCN)nc3ccccc32)c1. The van der Waals surface area contributed by atoms with E-state index in [4.69, 9.17) is 10.5 Å². The highest BCUT2D eigenvalue weighted by atomic mass is 16.5. The molecule has 4 heteroatoms. The standard InChI is InChI=1S/C18H21N3O/c1-14-5-4-6-15(13-14)22-12-11-21-17-8-3-2-7-16(17)20-18(21)9-10-19/h2-8,13H,9-12,19H2,1H3. The van der Waals surface area contributed by atoms with Crippen LogP contribution >= 0.6 is 0 Å². The van der Waals surface area contributed by atoms with Crippen molar-refractivity contribution in [1.29, 1.82) is 0 Å². The summed E-state index contributed by atoms with van der Waals surface area (Å²) < 4.78 is 8.07. The van der Waals surface area contributed by atoms with Crippen molar-refractivity contribution >= 4 is 11.0 Å². The molecule has 0 radical (unpaired) electrons. The number of aryl methyl sites for hydroxylation is 1. The van der Waals surface area contributed by atoms with Crippen LogP contribution < -0.4 is 10.5 Å². The van der Waals surface area contributed by atoms with Gasteiger partial charge in [0, 0.05) is 6.42 Å². The maximum Gasteiger partial charge on any atom is 0.119 e. The quantitative estimate of drug-likeness (QED) is 0.760. The van der Waals surface area contributed by atoms with Gasteiger partial charge in [-0.3, -0.25) is 0 Å². The van der Waals surface area contributed by atoms with E-state index in [1.165, 1.54) is 5.56 Å². The second-order valence-electron chi connectivity index (χ2n) is 5.37. The Hall–Kier alpha value is -2.33. The maximum absolute atomic E-state index is 5.86. The number of hydrogen-bond acceptors (Lipinski definition) is 3. The summed E-state index contributed by atoms with van der Waals surface area (Å²) in [6, 6.07) is 16.3. The Morgan fingerprint density at radius 3 is 2.82 bits per heavy atom. The number of imidazole rings is 1. The summed E-state index contributed by atoms with van der Waals surface area (Å²) in [6.45, 7) is 4.04. The van der Waals surface area contributed by atoms with Crippen LogP contribution in [-0.4, -0.2) is 22.7 Å². The molecule has 114 valence electrons. The van der Waals surface area contributed by atoms with Gasteiger partial charge in [-0.1, -0.05) is 24.3 Å². The first-order valence-electron chi connectivity index (χ1n) is 7.61. The van der Waals surface area contributed by atoms with Crippen molar-refractivity contribution < 1.29 is 4.74 Å². The first kappa shape index (κ1) is 14.6. The van der Waals surface area contributed by atoms with Gasteiger partial charge >= 0.3 is 0 Å². The van der Waals surface area contributed by atoms with Crippen molar-refractivity contribution in [2.45, 2.75) is 19.9 Å². The molecule has 22 heavy (non-hydrogen) atoms. The number of fused-ring (bicyclic) bond motifs is 1. The lowest BCUT2D eigenvalue weighted by atomic mass is 10.2. The first-order chi connectivity index (χ1) is 10.8. The molecule has 0 aliphatic heterocycles. The zero-order chi connectivity index (χ0) is 15.4. The van der Waals surface area contributed by atoms with Crippen molar-refractivity contribution in [1.82, 2.24) is 9.55 Å². The molecule has 0 aliphatic rings. The van der Waals surface area contributed by atoms with E-state index in [2.05, 4.69) is 28.6 Å². The highest BCUT2D eigenvalue weighted by Crippen LogP contribution is 2.17. The molecule has 0 amide bonds. The summed E-state index contributed by atoms with van der Waals surface area (Å²) >= 11 is 0. The average Bonchev–Trinajstić information content (AvgIpc) is 2.86. The molecule has 0 aliphatic carbocycles. The van der Waals surface area contributed by atoms with E-state index in [9.17, 15) is 0 Å². The van der Waals surface area contributed by atoms with Crippen molar-refractivity contribution in [3.05, 3.63) is 59.9 Å². The zero-order valence-corrected chi connectivity index (χ0v) is 12.8. The minimum Gasteiger partial charge on any atom is -0.492 e. The summed E-state index contributed by atoms with van der Waals surface area (Å²) in [5.41, 5.74) is 9.06. The Morgan fingerprint density at radius 2 is 2.00 bits per heavy atom. The molecule has 3 aromatic rings. The van der Waals surface area contributed by atoms with Gasteiger partial charge in [0.25, 0.3) is 0 Å². The minimum atomic E-state index is 0.599. The summed E-state index contributed by atoms with van der Waals surface area (Å²) in [4.78, 5) is 4.67. The Balaban J connectivity index is 1.76. The number of nitrogens with zero attached hydrogens (tertiary/aromatic N) is 2. The molecule has 0 fully saturated rings. The smallest absolute Gasteiger partial charge is 0.119 e. The van der Waals surface area contributed by atoms with E-state index in [1.54, 1.807) is 0 Å². The molecule has 4 nitrogen and oxygen atoms in total. The summed E-state index contributed by atoms with van der Waals surface area (Å²) in [5, 5.41) is 0. The topological polar surface area (TPSA) is 53.1 Å². The molecule has 0 spiro atoms. The second kappa shape index (κ2) is 6.62. The minimum absolute atomic E-state index is 0.599. The summed E-state index contributed by atoms with van der Waals surface area (Å²) in [5.74, 6) is 1.93. The van der Waals surface area contributed by atoms with E-state index in [1.807, 2.05) is 36.4 Å². The molecule has 0 atom stereocenters. The number of benzene rings is 2. The van der Waals surface area contributed by atoms with Crippen LogP contribution in [0.25, 0.3) is 11.0 Å². The van der Waals surface area contributed by atoms with Crippen molar-refractivity contribution in [2.24, 2.45) is 5.73 Å². The zero-order valence-electron chi connectivity index (χ0n) is 12.8. The van der Waals surface area contributed by atoms with E-state index >= 15 is 0 Å². The van der Waals surface area contributed by atoms with Gasteiger partial charge in [0.1, 0.15) is 18.2 Å². The second-order valence-corrected chi connectivity index (χ2v) is 5.37. The summed E-state index contributed by atoms with van der Waals surface area (Å²) in [7, 11) is 0. The fourth-order valence-corrected chi connectivity index (χ4v) is 2.65. The molecule has 0 saturated heterocycles. The first-order valence-corrected chi connectivity index (χ1v) is 7.61. The van der Waals surface area contributed by atoms with Crippen LogP contribution in [0, 0.1) is 6.92 Å². The fraction of sp³-hybridized carbons (Fsp3) is 0.278. The number of para-hydroxylation sites is 2. The third kappa shape index (κ3) is 3.12. The highest BCUT2D eigenvalue weighted by molar-refractivity contribution is 5.75. The van der Waals surface area contributed by atoms with E-state index < -0.39 is 0 Å². The summed E-state index contributed by atoms with van der Waals surface area (Å²) in [6.07, 6.45) is 0.777. The van der Waals surface area contributed by atoms with E-state index in [0.717, 1.165) is 35.6 Å². The molecule has 1 heterocycles. The van der Waals surface area contributed by atoms with Gasteiger partial charge < -0.3 is 15.0 Å². The number of nitrogens with two attached hydrogens (primary N) is 1. The lowest BCUT2D eigenvalue weighted by Gasteiger charge is -2.11. The molecule has 2 N–H and O–H groups in total. The van der Waals surface area contributed by atoms with Crippen LogP contribution in [0.3, 0.4) is 0 Å². The van der Waals surface area contributed by atoms with Crippen LogP contribution in [0.5, 0.6) is 5.75 Å². The number of aromatic nitrogens is 2. The van der Waals surface area contributed by atoms with E-state index in [0.29, 0.717) is 13.2 Å². The van der Waals surface area contributed by atoms with Gasteiger partial charge in [-0.2, -0.15) is 0 Å². The molecular weight excluding hydrogens is 274 g/mol. The van der Waals surface area contributed by atoms with Gasteiger partial charge in [-0.25, -0.2) is 4.98 Å². The lowest BCUT2D eigenvalue weighted by Crippen LogP contribution is -2.14. The van der Waals surface area contributed by atoms with Crippen LogP contribution in [0.4, 0.5) is 0 Å². The third-order valence-corrected chi connectivity index (χ3v) is 3.67. The fourth-order valence-electron chi connectivity index (χ4n) is 2.65. The highest BCUT2D eigenvalue weighted by Gasteiger charge is 2.09. The average molecular weight is 295 g/mol. The van der Waals surface area contributed by atoms with Gasteiger partial charge in [-0.15, -0.1) is 0 Å². The molecular formula is C18H21N3O. The molecule has 0 unspecified atom stereocenters. The van der Waals surface area contributed by atoms with Crippen LogP contribution in [0.15, 0.2) is 48.5 Å². The van der Waals surface area contributed by atoms with Gasteiger partial charge in [0.05, 0.1) is 17.6 Å². The van der Waals surface area contributed by atoms with Gasteiger partial charge in [0.2, 0.25) is 0 Å². The van der Waals surface area contributed by atoms with Gasteiger partial charge in [0.15, 0.2) is 0 Å². The maximum atomic E-state index is 5.86. The Kier molecular flexibility index (Phi) is 4.39. The van der Waals surface area contributed by atoms with Crippen molar-refractivity contribution in [2.75, 3.05) is 13.2 Å². The normalized spacial score (nSPS) is 11.0. The number of ether oxygens (including phenoxy) is 1. The Morgan fingerprint density at radius 1 is 1.14 bits per heavy atom. The van der Waals surface area contributed by atoms with Crippen molar-refractivity contribution in [3.63, 3.8) is 0 Å². The molecule has 2 aromatic carbocycles. The molecule has 1 aromatic heterocycles. The molecule has 0 saturated carbocycles. The van der Waals surface area contributed by atoms with Crippen LogP contribution in [0.1, 0.15) is 11.4 Å². The Bertz CT molecular complexity index is 764. The van der Waals surface area contributed by atoms with Crippen LogP contribution in [-0.2, 0) is 13.0 Å². The number of rotatable bonds is 6. The molecule has 0 bridgehead atoms. The van der Waals surface area contributed by atoms with Gasteiger partial charge in [-0.05, 0) is 43.3 Å². The van der Waals surface area contributed by atoms with Crippen molar-refractivity contribution in [3.8, 4) is 5.75 Å². The van der Waals surface area contributed by atoms with E-state index in [-0.39, 0.29) is 0 Å². The predicted molar refractivity (Wildman–Crippen MR) is 89.2 cm³/mol. The van der Waals surface area contributed by atoms with Crippen LogP contribution in [0.2, 0.25) is 0 Å². The number of hydrogen-bond donors (Lipinski definition) is 1. The monoisotopic (exact) mass is 295 g/mol.